The number of aromatic amines is 1. The minimum Gasteiger partial charge on any atom is -0.493 e. The Morgan fingerprint density at radius 1 is 1.11 bits per heavy atom. The van der Waals surface area contributed by atoms with Crippen molar-refractivity contribution >= 4 is 5.91 Å². The molecule has 0 radical (unpaired) electrons. The van der Waals surface area contributed by atoms with E-state index in [1.165, 1.54) is 5.56 Å². The first-order chi connectivity index (χ1) is 13.6. The predicted octanol–water partition coefficient (Wildman–Crippen LogP) is 3.85. The molecule has 0 saturated carbocycles. The van der Waals surface area contributed by atoms with E-state index in [1.54, 1.807) is 26.5 Å². The summed E-state index contributed by atoms with van der Waals surface area (Å²) in [6.07, 6.45) is 3.32. The van der Waals surface area contributed by atoms with Gasteiger partial charge in [-0.2, -0.15) is 5.10 Å². The molecule has 2 aromatic carbocycles. The molecule has 2 N–H and O–H groups in total. The van der Waals surface area contributed by atoms with Gasteiger partial charge in [0.15, 0.2) is 11.5 Å². The van der Waals surface area contributed by atoms with Crippen molar-refractivity contribution in [2.45, 2.75) is 25.8 Å². The lowest BCUT2D eigenvalue weighted by molar-refractivity contribution is 0.0939. The fourth-order valence-corrected chi connectivity index (χ4v) is 3.07. The van der Waals surface area contributed by atoms with Crippen LogP contribution in [0.15, 0.2) is 54.7 Å². The topological polar surface area (TPSA) is 76.2 Å². The van der Waals surface area contributed by atoms with Crippen LogP contribution in [-0.4, -0.2) is 36.4 Å². The Labute approximate surface area is 164 Å². The van der Waals surface area contributed by atoms with Gasteiger partial charge in [-0.15, -0.1) is 0 Å². The molecule has 0 aliphatic rings. The van der Waals surface area contributed by atoms with Crippen molar-refractivity contribution in [2.75, 3.05) is 14.2 Å². The zero-order valence-electron chi connectivity index (χ0n) is 16.4. The van der Waals surface area contributed by atoms with Crippen molar-refractivity contribution in [3.05, 3.63) is 65.9 Å². The molecule has 1 heterocycles. The number of aromatic nitrogens is 2. The van der Waals surface area contributed by atoms with Crippen LogP contribution in [0.2, 0.25) is 0 Å². The van der Waals surface area contributed by atoms with E-state index in [0.29, 0.717) is 22.8 Å². The molecule has 0 fully saturated rings. The van der Waals surface area contributed by atoms with Gasteiger partial charge in [0.25, 0.3) is 5.91 Å². The van der Waals surface area contributed by atoms with Gasteiger partial charge < -0.3 is 14.8 Å². The van der Waals surface area contributed by atoms with Gasteiger partial charge in [-0.1, -0.05) is 30.3 Å². The molecule has 3 rings (SSSR count). The Bertz CT molecular complexity index is 922. The second-order valence-electron chi connectivity index (χ2n) is 6.63. The molecule has 0 spiro atoms. The maximum absolute atomic E-state index is 12.8. The number of hydrogen-bond acceptors (Lipinski definition) is 4. The van der Waals surface area contributed by atoms with Crippen LogP contribution >= 0.6 is 0 Å². The normalized spacial score (nSPS) is 11.7. The fourth-order valence-electron chi connectivity index (χ4n) is 3.07. The Morgan fingerprint density at radius 2 is 1.86 bits per heavy atom. The lowest BCUT2D eigenvalue weighted by Crippen LogP contribution is -2.33. The number of hydrogen-bond donors (Lipinski definition) is 2. The molecular formula is C22H25N3O3. The van der Waals surface area contributed by atoms with Gasteiger partial charge in [0.1, 0.15) is 0 Å². The number of aryl methyl sites for hydroxylation is 1. The van der Waals surface area contributed by atoms with E-state index in [1.807, 2.05) is 37.3 Å². The first-order valence-electron chi connectivity index (χ1n) is 9.23. The molecule has 3 aromatic rings. The van der Waals surface area contributed by atoms with E-state index in [2.05, 4.69) is 27.6 Å². The number of carbonyl (C=O) groups excluding carboxylic acids is 1. The lowest BCUT2D eigenvalue weighted by atomic mass is 10.0. The summed E-state index contributed by atoms with van der Waals surface area (Å²) in [5.41, 5.74) is 3.21. The molecule has 1 amide bonds. The van der Waals surface area contributed by atoms with Gasteiger partial charge in [0.05, 0.1) is 31.7 Å². The van der Waals surface area contributed by atoms with Gasteiger partial charge in [0, 0.05) is 11.6 Å². The number of methoxy groups -OCH3 is 2. The fraction of sp³-hybridized carbons (Fsp3) is 0.273. The SMILES string of the molecule is COc1ccc(-c2[nH]ncc2C(=O)NC(C)CCc2ccccc2)cc1OC. The molecule has 6 nitrogen and oxygen atoms in total. The van der Waals surface area contributed by atoms with E-state index in [9.17, 15) is 4.79 Å². The number of benzene rings is 2. The number of H-pyrrole nitrogens is 1. The molecule has 1 unspecified atom stereocenters. The largest absolute Gasteiger partial charge is 0.493 e. The number of amides is 1. The third-order valence-corrected chi connectivity index (χ3v) is 4.64. The zero-order valence-corrected chi connectivity index (χ0v) is 16.4. The van der Waals surface area contributed by atoms with Gasteiger partial charge in [-0.25, -0.2) is 0 Å². The third kappa shape index (κ3) is 4.52. The standard InChI is InChI=1S/C22H25N3O3/c1-15(9-10-16-7-5-4-6-8-16)24-22(26)18-14-23-25-21(18)17-11-12-19(27-2)20(13-17)28-3/h4-8,11-15H,9-10H2,1-3H3,(H,23,25)(H,24,26). The minimum atomic E-state index is -0.154. The van der Waals surface area contributed by atoms with Crippen LogP contribution in [-0.2, 0) is 6.42 Å². The maximum atomic E-state index is 12.8. The summed E-state index contributed by atoms with van der Waals surface area (Å²) in [5.74, 6) is 1.07. The first-order valence-corrected chi connectivity index (χ1v) is 9.23. The molecule has 1 aromatic heterocycles. The number of rotatable bonds is 8. The summed E-state index contributed by atoms with van der Waals surface area (Å²) in [6.45, 7) is 2.01. The smallest absolute Gasteiger partial charge is 0.255 e. The van der Waals surface area contributed by atoms with Crippen molar-refractivity contribution in [2.24, 2.45) is 0 Å². The van der Waals surface area contributed by atoms with Crippen LogP contribution in [0.4, 0.5) is 0 Å². The van der Waals surface area contributed by atoms with E-state index >= 15 is 0 Å². The lowest BCUT2D eigenvalue weighted by Gasteiger charge is -2.14. The van der Waals surface area contributed by atoms with Crippen molar-refractivity contribution < 1.29 is 14.3 Å². The van der Waals surface area contributed by atoms with Crippen molar-refractivity contribution in [1.29, 1.82) is 0 Å². The van der Waals surface area contributed by atoms with Crippen molar-refractivity contribution in [1.82, 2.24) is 15.5 Å². The summed E-state index contributed by atoms with van der Waals surface area (Å²) in [4.78, 5) is 12.8. The molecule has 28 heavy (non-hydrogen) atoms. The third-order valence-electron chi connectivity index (χ3n) is 4.64. The van der Waals surface area contributed by atoms with Gasteiger partial charge >= 0.3 is 0 Å². The van der Waals surface area contributed by atoms with Crippen molar-refractivity contribution in [3.63, 3.8) is 0 Å². The summed E-state index contributed by atoms with van der Waals surface area (Å²) >= 11 is 0. The number of nitrogens with zero attached hydrogens (tertiary/aromatic N) is 1. The van der Waals surface area contributed by atoms with Gasteiger partial charge in [-0.3, -0.25) is 9.89 Å². The van der Waals surface area contributed by atoms with Crippen LogP contribution < -0.4 is 14.8 Å². The summed E-state index contributed by atoms with van der Waals surface area (Å²) < 4.78 is 10.6. The average molecular weight is 379 g/mol. The highest BCUT2D eigenvalue weighted by atomic mass is 16.5. The molecule has 0 bridgehead atoms. The second-order valence-corrected chi connectivity index (χ2v) is 6.63. The molecule has 6 heteroatoms. The molecule has 0 saturated heterocycles. The average Bonchev–Trinajstić information content (AvgIpc) is 3.22. The quantitative estimate of drug-likeness (QED) is 0.623. The van der Waals surface area contributed by atoms with Crippen LogP contribution in [0.5, 0.6) is 11.5 Å². The highest BCUT2D eigenvalue weighted by molar-refractivity contribution is 6.00. The van der Waals surface area contributed by atoms with Crippen LogP contribution in [0.1, 0.15) is 29.3 Å². The number of nitrogens with one attached hydrogen (secondary N) is 2. The number of ether oxygens (including phenoxy) is 2. The van der Waals surface area contributed by atoms with Crippen molar-refractivity contribution in [3.8, 4) is 22.8 Å². The molecule has 0 aliphatic carbocycles. The van der Waals surface area contributed by atoms with E-state index in [0.717, 1.165) is 18.4 Å². The highest BCUT2D eigenvalue weighted by Gasteiger charge is 2.18. The maximum Gasteiger partial charge on any atom is 0.255 e. The van der Waals surface area contributed by atoms with Crippen LogP contribution in [0.3, 0.4) is 0 Å². The van der Waals surface area contributed by atoms with E-state index in [-0.39, 0.29) is 11.9 Å². The zero-order chi connectivity index (χ0) is 19.9. The summed E-state index contributed by atoms with van der Waals surface area (Å²) in [6, 6.07) is 15.8. The van der Waals surface area contributed by atoms with Crippen LogP contribution in [0.25, 0.3) is 11.3 Å². The second kappa shape index (κ2) is 9.08. The molecule has 0 aliphatic heterocycles. The summed E-state index contributed by atoms with van der Waals surface area (Å²) in [7, 11) is 3.17. The summed E-state index contributed by atoms with van der Waals surface area (Å²) in [5, 5.41) is 10.0. The van der Waals surface area contributed by atoms with Gasteiger partial charge in [-0.05, 0) is 43.5 Å². The molecule has 146 valence electrons. The first kappa shape index (κ1) is 19.5. The van der Waals surface area contributed by atoms with Gasteiger partial charge in [0.2, 0.25) is 0 Å². The van der Waals surface area contributed by atoms with E-state index in [4.69, 9.17) is 9.47 Å². The Morgan fingerprint density at radius 3 is 2.57 bits per heavy atom. The van der Waals surface area contributed by atoms with Crippen LogP contribution in [0, 0.1) is 0 Å². The van der Waals surface area contributed by atoms with E-state index < -0.39 is 0 Å². The predicted molar refractivity (Wildman–Crippen MR) is 109 cm³/mol. The minimum absolute atomic E-state index is 0.0425. The number of carbonyl (C=O) groups is 1. The molecular weight excluding hydrogens is 354 g/mol. The molecule has 1 atom stereocenters. The Balaban J connectivity index is 1.69. The highest BCUT2D eigenvalue weighted by Crippen LogP contribution is 2.32. The Kier molecular flexibility index (Phi) is 6.32. The monoisotopic (exact) mass is 379 g/mol. The Hall–Kier alpha value is -3.28.